The topological polar surface area (TPSA) is 32.3 Å². The van der Waals surface area contributed by atoms with Crippen molar-refractivity contribution in [3.8, 4) is 0 Å². The molecule has 0 aromatic rings. The SMILES string of the molecule is CCCCN(CC)C(=O)C1CCNC(C)C1. The first kappa shape index (κ1) is 13.5. The highest BCUT2D eigenvalue weighted by Crippen LogP contribution is 2.19. The lowest BCUT2D eigenvalue weighted by atomic mass is 9.92. The average Bonchev–Trinajstić information content (AvgIpc) is 2.29. The third-order valence-corrected chi connectivity index (χ3v) is 3.45. The van der Waals surface area contributed by atoms with Gasteiger partial charge in [0.25, 0.3) is 0 Å². The average molecular weight is 226 g/mol. The molecule has 1 rings (SSSR count). The summed E-state index contributed by atoms with van der Waals surface area (Å²) in [5, 5.41) is 3.40. The molecule has 2 unspecified atom stereocenters. The van der Waals surface area contributed by atoms with Gasteiger partial charge in [0, 0.05) is 25.0 Å². The molecule has 1 N–H and O–H groups in total. The van der Waals surface area contributed by atoms with Crippen molar-refractivity contribution in [2.45, 2.75) is 52.5 Å². The van der Waals surface area contributed by atoms with Crippen molar-refractivity contribution in [2.75, 3.05) is 19.6 Å². The van der Waals surface area contributed by atoms with E-state index in [0.717, 1.165) is 45.3 Å². The Balaban J connectivity index is 2.46. The number of nitrogens with one attached hydrogen (secondary N) is 1. The van der Waals surface area contributed by atoms with Crippen molar-refractivity contribution < 1.29 is 4.79 Å². The van der Waals surface area contributed by atoms with E-state index >= 15 is 0 Å². The zero-order chi connectivity index (χ0) is 12.0. The molecule has 0 spiro atoms. The van der Waals surface area contributed by atoms with Crippen molar-refractivity contribution in [3.63, 3.8) is 0 Å². The molecule has 1 amide bonds. The molecule has 1 aliphatic heterocycles. The fourth-order valence-corrected chi connectivity index (χ4v) is 2.39. The van der Waals surface area contributed by atoms with Crippen LogP contribution in [0.15, 0.2) is 0 Å². The predicted octanol–water partition coefficient (Wildman–Crippen LogP) is 2.02. The molecular formula is C13H26N2O. The summed E-state index contributed by atoms with van der Waals surface area (Å²) in [6, 6.07) is 0.493. The first-order valence-corrected chi connectivity index (χ1v) is 6.71. The van der Waals surface area contributed by atoms with Crippen molar-refractivity contribution in [1.82, 2.24) is 10.2 Å². The first-order valence-electron chi connectivity index (χ1n) is 6.71. The van der Waals surface area contributed by atoms with E-state index in [9.17, 15) is 4.79 Å². The molecule has 1 heterocycles. The van der Waals surface area contributed by atoms with Gasteiger partial charge in [-0.25, -0.2) is 0 Å². The van der Waals surface area contributed by atoms with Crippen LogP contribution >= 0.6 is 0 Å². The second-order valence-corrected chi connectivity index (χ2v) is 4.85. The molecule has 3 nitrogen and oxygen atoms in total. The molecule has 3 heteroatoms. The quantitative estimate of drug-likeness (QED) is 0.778. The van der Waals surface area contributed by atoms with Crippen LogP contribution in [0.3, 0.4) is 0 Å². The van der Waals surface area contributed by atoms with Crippen molar-refractivity contribution in [1.29, 1.82) is 0 Å². The van der Waals surface area contributed by atoms with Crippen molar-refractivity contribution in [2.24, 2.45) is 5.92 Å². The minimum atomic E-state index is 0.257. The lowest BCUT2D eigenvalue weighted by Crippen LogP contribution is -2.44. The molecule has 0 radical (unpaired) electrons. The van der Waals surface area contributed by atoms with E-state index in [4.69, 9.17) is 0 Å². The Kier molecular flexibility index (Phi) is 5.81. The van der Waals surface area contributed by atoms with E-state index in [0.29, 0.717) is 11.9 Å². The Labute approximate surface area is 99.6 Å². The molecule has 1 aliphatic rings. The molecule has 0 saturated carbocycles. The summed E-state index contributed by atoms with van der Waals surface area (Å²) < 4.78 is 0. The second-order valence-electron chi connectivity index (χ2n) is 4.85. The number of hydrogen-bond donors (Lipinski definition) is 1. The fourth-order valence-electron chi connectivity index (χ4n) is 2.39. The van der Waals surface area contributed by atoms with Crippen molar-refractivity contribution >= 4 is 5.91 Å². The van der Waals surface area contributed by atoms with Gasteiger partial charge in [0.2, 0.25) is 5.91 Å². The van der Waals surface area contributed by atoms with Gasteiger partial charge in [-0.15, -0.1) is 0 Å². The Morgan fingerprint density at radius 1 is 1.44 bits per heavy atom. The minimum Gasteiger partial charge on any atom is -0.343 e. The van der Waals surface area contributed by atoms with E-state index in [1.807, 2.05) is 4.90 Å². The van der Waals surface area contributed by atoms with Gasteiger partial charge in [-0.05, 0) is 39.7 Å². The van der Waals surface area contributed by atoms with Crippen LogP contribution in [0.4, 0.5) is 0 Å². The number of hydrogen-bond acceptors (Lipinski definition) is 2. The van der Waals surface area contributed by atoms with Gasteiger partial charge in [0.1, 0.15) is 0 Å². The molecule has 1 fully saturated rings. The lowest BCUT2D eigenvalue weighted by Gasteiger charge is -2.31. The van der Waals surface area contributed by atoms with Gasteiger partial charge in [0.05, 0.1) is 0 Å². The van der Waals surface area contributed by atoms with E-state index in [2.05, 4.69) is 26.1 Å². The van der Waals surface area contributed by atoms with Crippen LogP contribution in [0.25, 0.3) is 0 Å². The molecule has 0 aliphatic carbocycles. The zero-order valence-electron chi connectivity index (χ0n) is 11.0. The standard InChI is InChI=1S/C13H26N2O/c1-4-6-9-15(5-2)13(16)12-7-8-14-11(3)10-12/h11-12,14H,4-10H2,1-3H3. The van der Waals surface area contributed by atoms with Gasteiger partial charge in [0.15, 0.2) is 0 Å². The predicted molar refractivity (Wildman–Crippen MR) is 67.4 cm³/mol. The number of carbonyl (C=O) groups is 1. The molecule has 0 aromatic heterocycles. The first-order chi connectivity index (χ1) is 7.69. The molecule has 0 aromatic carbocycles. The van der Waals surface area contributed by atoms with Crippen LogP contribution in [-0.4, -0.2) is 36.5 Å². The van der Waals surface area contributed by atoms with Crippen LogP contribution in [0.1, 0.15) is 46.5 Å². The Bertz CT molecular complexity index is 218. The molecule has 2 atom stereocenters. The molecule has 94 valence electrons. The van der Waals surface area contributed by atoms with Crippen LogP contribution in [0, 0.1) is 5.92 Å². The Morgan fingerprint density at radius 2 is 2.19 bits per heavy atom. The Hall–Kier alpha value is -0.570. The number of unbranched alkanes of at least 4 members (excludes halogenated alkanes) is 1. The zero-order valence-corrected chi connectivity index (χ0v) is 11.0. The third kappa shape index (κ3) is 3.78. The van der Waals surface area contributed by atoms with E-state index in [1.165, 1.54) is 0 Å². The van der Waals surface area contributed by atoms with Gasteiger partial charge < -0.3 is 10.2 Å². The molecule has 1 saturated heterocycles. The number of piperidine rings is 1. The van der Waals surface area contributed by atoms with Gasteiger partial charge >= 0.3 is 0 Å². The van der Waals surface area contributed by atoms with Crippen LogP contribution in [0.2, 0.25) is 0 Å². The maximum absolute atomic E-state index is 12.3. The van der Waals surface area contributed by atoms with Gasteiger partial charge in [-0.1, -0.05) is 13.3 Å². The van der Waals surface area contributed by atoms with Gasteiger partial charge in [-0.2, -0.15) is 0 Å². The highest BCUT2D eigenvalue weighted by atomic mass is 16.2. The smallest absolute Gasteiger partial charge is 0.225 e. The Morgan fingerprint density at radius 3 is 2.75 bits per heavy atom. The normalized spacial score (nSPS) is 25.4. The van der Waals surface area contributed by atoms with Crippen LogP contribution in [0.5, 0.6) is 0 Å². The summed E-state index contributed by atoms with van der Waals surface area (Å²) >= 11 is 0. The number of amides is 1. The summed E-state index contributed by atoms with van der Waals surface area (Å²) in [5.74, 6) is 0.636. The van der Waals surface area contributed by atoms with E-state index in [-0.39, 0.29) is 5.92 Å². The largest absolute Gasteiger partial charge is 0.343 e. The highest BCUT2D eigenvalue weighted by Gasteiger charge is 2.27. The van der Waals surface area contributed by atoms with E-state index in [1.54, 1.807) is 0 Å². The van der Waals surface area contributed by atoms with Gasteiger partial charge in [-0.3, -0.25) is 4.79 Å². The number of rotatable bonds is 5. The van der Waals surface area contributed by atoms with Crippen molar-refractivity contribution in [3.05, 3.63) is 0 Å². The second kappa shape index (κ2) is 6.89. The maximum Gasteiger partial charge on any atom is 0.225 e. The summed E-state index contributed by atoms with van der Waals surface area (Å²) in [6.45, 7) is 9.20. The monoisotopic (exact) mass is 226 g/mol. The molecular weight excluding hydrogens is 200 g/mol. The van der Waals surface area contributed by atoms with Crippen LogP contribution in [-0.2, 0) is 4.79 Å². The number of nitrogens with zero attached hydrogens (tertiary/aromatic N) is 1. The molecule has 0 bridgehead atoms. The fraction of sp³-hybridized carbons (Fsp3) is 0.923. The minimum absolute atomic E-state index is 0.257. The summed E-state index contributed by atoms with van der Waals surface area (Å²) in [5.41, 5.74) is 0. The highest BCUT2D eigenvalue weighted by molar-refractivity contribution is 5.79. The summed E-state index contributed by atoms with van der Waals surface area (Å²) in [6.07, 6.45) is 4.29. The molecule has 16 heavy (non-hydrogen) atoms. The lowest BCUT2D eigenvalue weighted by molar-refractivity contribution is -0.136. The maximum atomic E-state index is 12.3. The van der Waals surface area contributed by atoms with E-state index < -0.39 is 0 Å². The summed E-state index contributed by atoms with van der Waals surface area (Å²) in [7, 11) is 0. The van der Waals surface area contributed by atoms with Crippen LogP contribution < -0.4 is 5.32 Å². The summed E-state index contributed by atoms with van der Waals surface area (Å²) in [4.78, 5) is 14.3. The number of carbonyl (C=O) groups excluding carboxylic acids is 1. The third-order valence-electron chi connectivity index (χ3n) is 3.45.